The Balaban J connectivity index is 1.58. The molecule has 2 aliphatic rings. The first-order valence-electron chi connectivity index (χ1n) is 11.4. The van der Waals surface area contributed by atoms with E-state index in [0.29, 0.717) is 39.3 Å². The van der Waals surface area contributed by atoms with E-state index in [9.17, 15) is 22.8 Å². The summed E-state index contributed by atoms with van der Waals surface area (Å²) in [5, 5.41) is 2.83. The zero-order valence-electron chi connectivity index (χ0n) is 19.0. The van der Waals surface area contributed by atoms with Gasteiger partial charge in [0.1, 0.15) is 0 Å². The number of rotatable bonds is 6. The van der Waals surface area contributed by atoms with Crippen LogP contribution in [0.4, 0.5) is 18.9 Å². The van der Waals surface area contributed by atoms with Crippen LogP contribution in [-0.4, -0.2) is 56.1 Å². The monoisotopic (exact) mass is 475 g/mol. The Bertz CT molecular complexity index is 1050. The summed E-state index contributed by atoms with van der Waals surface area (Å²) in [6.45, 7) is 5.11. The fourth-order valence-electron chi connectivity index (χ4n) is 4.50. The predicted molar refractivity (Wildman–Crippen MR) is 122 cm³/mol. The van der Waals surface area contributed by atoms with Crippen molar-refractivity contribution in [3.8, 4) is 0 Å². The number of ether oxygens (including phenoxy) is 1. The zero-order valence-corrected chi connectivity index (χ0v) is 19.0. The van der Waals surface area contributed by atoms with Gasteiger partial charge in [0, 0.05) is 43.9 Å². The Labute approximate surface area is 196 Å². The van der Waals surface area contributed by atoms with E-state index in [1.807, 2.05) is 31.2 Å². The molecule has 0 radical (unpaired) electrons. The highest BCUT2D eigenvalue weighted by Gasteiger charge is 2.34. The molecule has 1 N–H and O–H groups in total. The van der Waals surface area contributed by atoms with Gasteiger partial charge in [0.05, 0.1) is 24.8 Å². The molecule has 2 aromatic rings. The van der Waals surface area contributed by atoms with Crippen LogP contribution in [0.25, 0.3) is 0 Å². The number of benzene rings is 2. The van der Waals surface area contributed by atoms with Gasteiger partial charge in [0.15, 0.2) is 0 Å². The standard InChI is InChI=1S/C25H28F3N3O3/c1-17-4-2-5-18(12-17)22(30-8-10-34-11-9-30)16-29-24(33)19-13-20(25(26,27)28)15-21(14-19)31-7-3-6-23(31)32/h2,4-5,12-15,22H,3,6-11,16H2,1H3,(H,29,33). The highest BCUT2D eigenvalue weighted by molar-refractivity contribution is 5.99. The van der Waals surface area contributed by atoms with Crippen LogP contribution in [0.5, 0.6) is 0 Å². The van der Waals surface area contributed by atoms with Crippen LogP contribution in [0.2, 0.25) is 0 Å². The molecule has 6 nitrogen and oxygen atoms in total. The van der Waals surface area contributed by atoms with Gasteiger partial charge in [0.25, 0.3) is 5.91 Å². The maximum Gasteiger partial charge on any atom is 0.416 e. The molecule has 0 aromatic heterocycles. The fourth-order valence-corrected chi connectivity index (χ4v) is 4.50. The van der Waals surface area contributed by atoms with E-state index in [0.717, 1.165) is 23.3 Å². The second-order valence-electron chi connectivity index (χ2n) is 8.70. The molecule has 2 aliphatic heterocycles. The van der Waals surface area contributed by atoms with E-state index in [1.165, 1.54) is 11.0 Å². The van der Waals surface area contributed by atoms with Crippen molar-refractivity contribution in [2.75, 3.05) is 44.3 Å². The molecular formula is C25H28F3N3O3. The largest absolute Gasteiger partial charge is 0.416 e. The summed E-state index contributed by atoms with van der Waals surface area (Å²) in [4.78, 5) is 28.7. The number of halogens is 3. The molecule has 182 valence electrons. The lowest BCUT2D eigenvalue weighted by molar-refractivity contribution is -0.137. The van der Waals surface area contributed by atoms with Gasteiger partial charge in [-0.3, -0.25) is 14.5 Å². The van der Waals surface area contributed by atoms with Crippen molar-refractivity contribution in [3.05, 3.63) is 64.7 Å². The van der Waals surface area contributed by atoms with Crippen LogP contribution in [0.15, 0.2) is 42.5 Å². The number of carbonyl (C=O) groups excluding carboxylic acids is 2. The molecular weight excluding hydrogens is 447 g/mol. The summed E-state index contributed by atoms with van der Waals surface area (Å²) in [6.07, 6.45) is -3.77. The van der Waals surface area contributed by atoms with Gasteiger partial charge in [-0.05, 0) is 37.1 Å². The van der Waals surface area contributed by atoms with E-state index in [4.69, 9.17) is 4.74 Å². The number of hydrogen-bond donors (Lipinski definition) is 1. The molecule has 1 atom stereocenters. The van der Waals surface area contributed by atoms with E-state index in [-0.39, 0.29) is 36.2 Å². The number of aryl methyl sites for hydroxylation is 1. The van der Waals surface area contributed by atoms with Crippen molar-refractivity contribution in [2.45, 2.75) is 32.0 Å². The van der Waals surface area contributed by atoms with Crippen molar-refractivity contribution in [2.24, 2.45) is 0 Å². The first-order valence-corrected chi connectivity index (χ1v) is 11.4. The summed E-state index contributed by atoms with van der Waals surface area (Å²) in [5.74, 6) is -0.845. The molecule has 0 spiro atoms. The van der Waals surface area contributed by atoms with Gasteiger partial charge in [-0.2, -0.15) is 13.2 Å². The van der Waals surface area contributed by atoms with E-state index in [1.54, 1.807) is 0 Å². The number of amides is 2. The smallest absolute Gasteiger partial charge is 0.379 e. The van der Waals surface area contributed by atoms with E-state index >= 15 is 0 Å². The number of hydrogen-bond acceptors (Lipinski definition) is 4. The normalized spacial score (nSPS) is 18.2. The summed E-state index contributed by atoms with van der Waals surface area (Å²) >= 11 is 0. The lowest BCUT2D eigenvalue weighted by Crippen LogP contribution is -2.43. The molecule has 2 aromatic carbocycles. The lowest BCUT2D eigenvalue weighted by atomic mass is 10.0. The number of alkyl halides is 3. The Morgan fingerprint density at radius 2 is 1.88 bits per heavy atom. The van der Waals surface area contributed by atoms with Gasteiger partial charge in [-0.15, -0.1) is 0 Å². The summed E-state index contributed by atoms with van der Waals surface area (Å²) < 4.78 is 46.1. The van der Waals surface area contributed by atoms with Gasteiger partial charge in [-0.25, -0.2) is 0 Å². The van der Waals surface area contributed by atoms with Crippen LogP contribution < -0.4 is 10.2 Å². The molecule has 2 amide bonds. The molecule has 9 heteroatoms. The third-order valence-corrected chi connectivity index (χ3v) is 6.26. The molecule has 2 heterocycles. The summed E-state index contributed by atoms with van der Waals surface area (Å²) in [5.41, 5.74) is 1.15. The second kappa shape index (κ2) is 10.1. The van der Waals surface area contributed by atoms with E-state index in [2.05, 4.69) is 10.2 Å². The number of nitrogens with zero attached hydrogens (tertiary/aromatic N) is 2. The minimum absolute atomic E-state index is 0.103. The average Bonchev–Trinajstić information content (AvgIpc) is 3.25. The average molecular weight is 476 g/mol. The van der Waals surface area contributed by atoms with Crippen LogP contribution in [-0.2, 0) is 15.7 Å². The molecule has 4 rings (SSSR count). The number of nitrogens with one attached hydrogen (secondary N) is 1. The van der Waals surface area contributed by atoms with Crippen LogP contribution in [0, 0.1) is 6.92 Å². The number of carbonyl (C=O) groups is 2. The highest BCUT2D eigenvalue weighted by Crippen LogP contribution is 2.34. The van der Waals surface area contributed by atoms with Crippen molar-refractivity contribution in [3.63, 3.8) is 0 Å². The van der Waals surface area contributed by atoms with Gasteiger partial charge in [0.2, 0.25) is 5.91 Å². The highest BCUT2D eigenvalue weighted by atomic mass is 19.4. The Kier molecular flexibility index (Phi) is 7.23. The maximum atomic E-state index is 13.6. The van der Waals surface area contributed by atoms with Crippen molar-refractivity contribution >= 4 is 17.5 Å². The molecule has 1 unspecified atom stereocenters. The third kappa shape index (κ3) is 5.59. The Morgan fingerprint density at radius 1 is 1.12 bits per heavy atom. The summed E-state index contributed by atoms with van der Waals surface area (Å²) in [7, 11) is 0. The molecule has 34 heavy (non-hydrogen) atoms. The van der Waals surface area contributed by atoms with Crippen LogP contribution in [0.1, 0.15) is 45.9 Å². The molecule has 2 saturated heterocycles. The number of anilines is 1. The first kappa shape index (κ1) is 24.2. The van der Waals surface area contributed by atoms with Gasteiger partial charge >= 0.3 is 6.18 Å². The minimum Gasteiger partial charge on any atom is -0.379 e. The van der Waals surface area contributed by atoms with Gasteiger partial charge in [-0.1, -0.05) is 29.8 Å². The summed E-state index contributed by atoms with van der Waals surface area (Å²) in [6, 6.07) is 11.0. The maximum absolute atomic E-state index is 13.6. The van der Waals surface area contributed by atoms with Crippen molar-refractivity contribution in [1.82, 2.24) is 10.2 Å². The minimum atomic E-state index is -4.63. The van der Waals surface area contributed by atoms with Crippen molar-refractivity contribution < 1.29 is 27.5 Å². The molecule has 0 saturated carbocycles. The fraction of sp³-hybridized carbons (Fsp3) is 0.440. The van der Waals surface area contributed by atoms with E-state index < -0.39 is 17.6 Å². The second-order valence-corrected chi connectivity index (χ2v) is 8.70. The topological polar surface area (TPSA) is 61.9 Å². The Morgan fingerprint density at radius 3 is 2.53 bits per heavy atom. The lowest BCUT2D eigenvalue weighted by Gasteiger charge is -2.35. The van der Waals surface area contributed by atoms with Crippen molar-refractivity contribution in [1.29, 1.82) is 0 Å². The quantitative estimate of drug-likeness (QED) is 0.688. The predicted octanol–water partition coefficient (Wildman–Crippen LogP) is 3.94. The molecule has 0 aliphatic carbocycles. The van der Waals surface area contributed by atoms with Crippen LogP contribution in [0.3, 0.4) is 0 Å². The SMILES string of the molecule is Cc1cccc(C(CNC(=O)c2cc(N3CCCC3=O)cc(C(F)(F)F)c2)N2CCOCC2)c1. The third-order valence-electron chi connectivity index (χ3n) is 6.26. The molecule has 0 bridgehead atoms. The van der Waals surface area contributed by atoms with Gasteiger partial charge < -0.3 is 15.0 Å². The Hall–Kier alpha value is -2.91. The first-order chi connectivity index (χ1) is 16.2. The molecule has 2 fully saturated rings. The zero-order chi connectivity index (χ0) is 24.3. The number of morpholine rings is 1. The van der Waals surface area contributed by atoms with Crippen LogP contribution >= 0.6 is 0 Å².